The van der Waals surface area contributed by atoms with Crippen LogP contribution in [0.3, 0.4) is 0 Å². The van der Waals surface area contributed by atoms with Crippen LogP contribution in [0.2, 0.25) is 5.02 Å². The molecular weight excluding hydrogens is 272 g/mol. The minimum absolute atomic E-state index is 0.0155. The average Bonchev–Trinajstić information content (AvgIpc) is 2.46. The SMILES string of the molecule is COc1cccc(/C=C/c2ccc(Cl)cc2)c1C(C)=O. The zero-order valence-corrected chi connectivity index (χ0v) is 12.1. The predicted octanol–water partition coefficient (Wildman–Crippen LogP) is 4.72. The van der Waals surface area contributed by atoms with E-state index in [0.29, 0.717) is 16.3 Å². The highest BCUT2D eigenvalue weighted by atomic mass is 35.5. The van der Waals surface area contributed by atoms with Gasteiger partial charge in [-0.05, 0) is 36.2 Å². The molecule has 102 valence electrons. The van der Waals surface area contributed by atoms with E-state index in [0.717, 1.165) is 11.1 Å². The van der Waals surface area contributed by atoms with E-state index >= 15 is 0 Å². The zero-order chi connectivity index (χ0) is 14.5. The number of hydrogen-bond donors (Lipinski definition) is 0. The molecule has 0 fully saturated rings. The van der Waals surface area contributed by atoms with E-state index in [1.165, 1.54) is 6.92 Å². The van der Waals surface area contributed by atoms with Gasteiger partial charge in [-0.1, -0.05) is 48.0 Å². The van der Waals surface area contributed by atoms with Crippen LogP contribution in [-0.4, -0.2) is 12.9 Å². The lowest BCUT2D eigenvalue weighted by Crippen LogP contribution is -2.00. The van der Waals surface area contributed by atoms with E-state index in [-0.39, 0.29) is 5.78 Å². The molecule has 2 aromatic carbocycles. The molecule has 2 nitrogen and oxygen atoms in total. The van der Waals surface area contributed by atoms with Crippen molar-refractivity contribution >= 4 is 29.5 Å². The summed E-state index contributed by atoms with van der Waals surface area (Å²) in [6, 6.07) is 13.1. The van der Waals surface area contributed by atoms with E-state index in [4.69, 9.17) is 16.3 Å². The number of benzene rings is 2. The van der Waals surface area contributed by atoms with Crippen LogP contribution in [0, 0.1) is 0 Å². The minimum Gasteiger partial charge on any atom is -0.496 e. The Morgan fingerprint density at radius 3 is 2.40 bits per heavy atom. The summed E-state index contributed by atoms with van der Waals surface area (Å²) in [6.45, 7) is 1.54. The van der Waals surface area contributed by atoms with Crippen LogP contribution in [0.25, 0.3) is 12.2 Å². The molecule has 20 heavy (non-hydrogen) atoms. The molecule has 0 saturated heterocycles. The monoisotopic (exact) mass is 286 g/mol. The Kier molecular flexibility index (Phi) is 4.59. The number of ether oxygens (including phenoxy) is 1. The number of ketones is 1. The average molecular weight is 287 g/mol. The van der Waals surface area contributed by atoms with Crippen molar-refractivity contribution in [2.24, 2.45) is 0 Å². The summed E-state index contributed by atoms with van der Waals surface area (Å²) in [5, 5.41) is 0.702. The van der Waals surface area contributed by atoms with Gasteiger partial charge in [0.15, 0.2) is 5.78 Å². The highest BCUT2D eigenvalue weighted by molar-refractivity contribution is 6.30. The topological polar surface area (TPSA) is 26.3 Å². The van der Waals surface area contributed by atoms with Gasteiger partial charge in [0.05, 0.1) is 12.7 Å². The lowest BCUT2D eigenvalue weighted by atomic mass is 10.0. The molecule has 0 radical (unpaired) electrons. The molecule has 0 saturated carbocycles. The van der Waals surface area contributed by atoms with Crippen LogP contribution in [0.1, 0.15) is 28.4 Å². The highest BCUT2D eigenvalue weighted by Crippen LogP contribution is 2.24. The van der Waals surface area contributed by atoms with Crippen molar-refractivity contribution < 1.29 is 9.53 Å². The summed E-state index contributed by atoms with van der Waals surface area (Å²) in [6.07, 6.45) is 3.85. The highest BCUT2D eigenvalue weighted by Gasteiger charge is 2.11. The fourth-order valence-corrected chi connectivity index (χ4v) is 2.12. The molecule has 0 amide bonds. The van der Waals surface area contributed by atoms with Gasteiger partial charge < -0.3 is 4.74 Å². The van der Waals surface area contributed by atoms with Crippen LogP contribution >= 0.6 is 11.6 Å². The van der Waals surface area contributed by atoms with Crippen LogP contribution in [0.4, 0.5) is 0 Å². The molecule has 3 heteroatoms. The number of Topliss-reactive ketones (excluding diaryl/α,β-unsaturated/α-hetero) is 1. The molecule has 0 atom stereocenters. The lowest BCUT2D eigenvalue weighted by Gasteiger charge is -2.08. The van der Waals surface area contributed by atoms with Gasteiger partial charge in [-0.2, -0.15) is 0 Å². The van der Waals surface area contributed by atoms with Crippen molar-refractivity contribution in [3.63, 3.8) is 0 Å². The van der Waals surface area contributed by atoms with Crippen molar-refractivity contribution in [2.75, 3.05) is 7.11 Å². The fourth-order valence-electron chi connectivity index (χ4n) is 1.99. The van der Waals surface area contributed by atoms with E-state index in [9.17, 15) is 4.79 Å². The number of carbonyl (C=O) groups is 1. The molecule has 0 unspecified atom stereocenters. The second-order valence-corrected chi connectivity index (χ2v) is 4.80. The predicted molar refractivity (Wildman–Crippen MR) is 83.4 cm³/mol. The van der Waals surface area contributed by atoms with Crippen LogP contribution in [0.15, 0.2) is 42.5 Å². The maximum absolute atomic E-state index is 11.8. The van der Waals surface area contributed by atoms with Gasteiger partial charge in [0.1, 0.15) is 5.75 Å². The van der Waals surface area contributed by atoms with Crippen molar-refractivity contribution in [3.05, 3.63) is 64.2 Å². The molecule has 0 N–H and O–H groups in total. The van der Waals surface area contributed by atoms with E-state index < -0.39 is 0 Å². The number of hydrogen-bond acceptors (Lipinski definition) is 2. The Balaban J connectivity index is 2.38. The first-order valence-electron chi connectivity index (χ1n) is 6.23. The van der Waals surface area contributed by atoms with Crippen LogP contribution < -0.4 is 4.74 Å². The van der Waals surface area contributed by atoms with Crippen molar-refractivity contribution in [2.45, 2.75) is 6.92 Å². The summed E-state index contributed by atoms with van der Waals surface area (Å²) < 4.78 is 5.24. The van der Waals surface area contributed by atoms with Crippen LogP contribution in [0.5, 0.6) is 5.75 Å². The van der Waals surface area contributed by atoms with E-state index in [2.05, 4.69) is 0 Å². The number of methoxy groups -OCH3 is 1. The van der Waals surface area contributed by atoms with Crippen molar-refractivity contribution in [1.29, 1.82) is 0 Å². The van der Waals surface area contributed by atoms with Gasteiger partial charge in [0, 0.05) is 5.02 Å². The van der Waals surface area contributed by atoms with Crippen molar-refractivity contribution in [1.82, 2.24) is 0 Å². The number of rotatable bonds is 4. The molecule has 0 aliphatic heterocycles. The van der Waals surface area contributed by atoms with Gasteiger partial charge in [0.25, 0.3) is 0 Å². The smallest absolute Gasteiger partial charge is 0.164 e. The van der Waals surface area contributed by atoms with Crippen molar-refractivity contribution in [3.8, 4) is 5.75 Å². The Hall–Kier alpha value is -2.06. The van der Waals surface area contributed by atoms with Gasteiger partial charge in [-0.3, -0.25) is 4.79 Å². The van der Waals surface area contributed by atoms with Gasteiger partial charge in [-0.15, -0.1) is 0 Å². The molecule has 2 aromatic rings. The first kappa shape index (κ1) is 14.4. The third-order valence-electron chi connectivity index (χ3n) is 2.96. The Bertz CT molecular complexity index is 643. The summed E-state index contributed by atoms with van der Waals surface area (Å²) in [5.74, 6) is 0.578. The summed E-state index contributed by atoms with van der Waals surface area (Å²) in [7, 11) is 1.56. The largest absolute Gasteiger partial charge is 0.496 e. The Morgan fingerprint density at radius 2 is 1.80 bits per heavy atom. The summed E-state index contributed by atoms with van der Waals surface area (Å²) in [5.41, 5.74) is 2.46. The molecule has 0 spiro atoms. The van der Waals surface area contributed by atoms with Gasteiger partial charge in [0.2, 0.25) is 0 Å². The normalized spacial score (nSPS) is 10.8. The van der Waals surface area contributed by atoms with E-state index in [1.54, 1.807) is 13.2 Å². The zero-order valence-electron chi connectivity index (χ0n) is 11.4. The third-order valence-corrected chi connectivity index (χ3v) is 3.21. The quantitative estimate of drug-likeness (QED) is 0.600. The van der Waals surface area contributed by atoms with Gasteiger partial charge in [-0.25, -0.2) is 0 Å². The summed E-state index contributed by atoms with van der Waals surface area (Å²) in [4.78, 5) is 11.8. The van der Waals surface area contributed by atoms with E-state index in [1.807, 2.05) is 48.6 Å². The maximum Gasteiger partial charge on any atom is 0.164 e. The number of carbonyl (C=O) groups excluding carboxylic acids is 1. The molecule has 0 aromatic heterocycles. The second-order valence-electron chi connectivity index (χ2n) is 4.37. The molecule has 0 aliphatic rings. The summed E-state index contributed by atoms with van der Waals surface area (Å²) >= 11 is 5.85. The molecule has 0 bridgehead atoms. The second kappa shape index (κ2) is 6.40. The van der Waals surface area contributed by atoms with Crippen LogP contribution in [-0.2, 0) is 0 Å². The molecule has 2 rings (SSSR count). The van der Waals surface area contributed by atoms with Gasteiger partial charge >= 0.3 is 0 Å². The Morgan fingerprint density at radius 1 is 1.10 bits per heavy atom. The lowest BCUT2D eigenvalue weighted by molar-refractivity contribution is 0.101. The molecule has 0 aliphatic carbocycles. The Labute approximate surface area is 123 Å². The first-order chi connectivity index (χ1) is 9.61. The molecular formula is C17H15ClO2. The molecule has 0 heterocycles. The standard InChI is InChI=1S/C17H15ClO2/c1-12(19)17-14(4-3-5-16(17)20-2)9-6-13-7-10-15(18)11-8-13/h3-11H,1-2H3/b9-6+. The minimum atomic E-state index is -0.0155. The number of halogens is 1. The first-order valence-corrected chi connectivity index (χ1v) is 6.61. The maximum atomic E-state index is 11.8. The fraction of sp³-hybridized carbons (Fsp3) is 0.118. The third kappa shape index (κ3) is 3.28.